The highest BCUT2D eigenvalue weighted by atomic mass is 19.2. The molecule has 0 saturated heterocycles. The monoisotopic (exact) mass is 403 g/mol. The number of halogens is 2. The van der Waals surface area contributed by atoms with Gasteiger partial charge in [-0.3, -0.25) is 9.89 Å². The Morgan fingerprint density at radius 1 is 0.967 bits per heavy atom. The zero-order valence-electron chi connectivity index (χ0n) is 15.5. The Kier molecular flexibility index (Phi) is 4.24. The molecule has 0 aliphatic carbocycles. The van der Waals surface area contributed by atoms with Gasteiger partial charge in [-0.1, -0.05) is 24.3 Å². The van der Waals surface area contributed by atoms with E-state index < -0.39 is 11.6 Å². The fraction of sp³-hybridized carbons (Fsp3) is 0.0455. The Hall–Kier alpha value is -4.07. The summed E-state index contributed by atoms with van der Waals surface area (Å²) in [5, 5.41) is 11.0. The third-order valence-electron chi connectivity index (χ3n) is 4.88. The van der Waals surface area contributed by atoms with E-state index in [-0.39, 0.29) is 12.5 Å². The lowest BCUT2D eigenvalue weighted by molar-refractivity contribution is 0.0951. The van der Waals surface area contributed by atoms with Crippen LogP contribution in [0.5, 0.6) is 0 Å². The third-order valence-corrected chi connectivity index (χ3v) is 4.88. The first kappa shape index (κ1) is 18.0. The van der Waals surface area contributed by atoms with E-state index in [2.05, 4.69) is 25.5 Å². The SMILES string of the molecule is O=C(NCc1ccc(F)c(F)c1)c1ccc2[nH]c(-c3n[nH]c4ccccc34)nc2c1. The Bertz CT molecular complexity index is 1410. The fourth-order valence-electron chi connectivity index (χ4n) is 3.34. The number of hydrogen-bond donors (Lipinski definition) is 3. The van der Waals surface area contributed by atoms with Crippen LogP contribution in [-0.4, -0.2) is 26.1 Å². The summed E-state index contributed by atoms with van der Waals surface area (Å²) in [6.45, 7) is 0.0825. The minimum Gasteiger partial charge on any atom is -0.348 e. The number of carbonyl (C=O) groups is 1. The first-order chi connectivity index (χ1) is 14.6. The van der Waals surface area contributed by atoms with Gasteiger partial charge in [0, 0.05) is 17.5 Å². The van der Waals surface area contributed by atoms with Crippen molar-refractivity contribution in [1.29, 1.82) is 0 Å². The molecule has 0 unspecified atom stereocenters. The molecule has 148 valence electrons. The minimum absolute atomic E-state index is 0.0825. The van der Waals surface area contributed by atoms with Gasteiger partial charge in [-0.15, -0.1) is 0 Å². The standard InChI is InChI=1S/C22H15F2N5O/c23-15-7-5-12(9-16(15)24)11-25-22(30)13-6-8-18-19(10-13)27-21(26-18)20-14-3-1-2-4-17(14)28-29-20/h1-10H,11H2,(H,25,30)(H,26,27)(H,28,29). The second-order valence-electron chi connectivity index (χ2n) is 6.87. The van der Waals surface area contributed by atoms with Gasteiger partial charge >= 0.3 is 0 Å². The molecule has 0 aliphatic rings. The van der Waals surface area contributed by atoms with Crippen LogP contribution in [0.1, 0.15) is 15.9 Å². The number of rotatable bonds is 4. The van der Waals surface area contributed by atoms with Crippen molar-refractivity contribution in [2.75, 3.05) is 0 Å². The van der Waals surface area contributed by atoms with Crippen LogP contribution in [0.25, 0.3) is 33.5 Å². The number of aromatic nitrogens is 4. The third kappa shape index (κ3) is 3.18. The molecular formula is C22H15F2N5O. The van der Waals surface area contributed by atoms with E-state index in [1.54, 1.807) is 18.2 Å². The summed E-state index contributed by atoms with van der Waals surface area (Å²) in [6.07, 6.45) is 0. The number of nitrogens with zero attached hydrogens (tertiary/aromatic N) is 2. The zero-order chi connectivity index (χ0) is 20.7. The van der Waals surface area contributed by atoms with Crippen LogP contribution in [0.3, 0.4) is 0 Å². The zero-order valence-corrected chi connectivity index (χ0v) is 15.5. The van der Waals surface area contributed by atoms with E-state index in [0.717, 1.165) is 28.6 Å². The summed E-state index contributed by atoms with van der Waals surface area (Å²) in [6, 6.07) is 16.4. The molecule has 0 atom stereocenters. The molecule has 8 heteroatoms. The van der Waals surface area contributed by atoms with Crippen molar-refractivity contribution >= 4 is 27.8 Å². The number of para-hydroxylation sites is 1. The van der Waals surface area contributed by atoms with E-state index >= 15 is 0 Å². The average molecular weight is 403 g/mol. The summed E-state index contributed by atoms with van der Waals surface area (Å²) < 4.78 is 26.3. The highest BCUT2D eigenvalue weighted by Gasteiger charge is 2.14. The highest BCUT2D eigenvalue weighted by molar-refractivity contribution is 5.98. The Morgan fingerprint density at radius 2 is 1.83 bits per heavy atom. The van der Waals surface area contributed by atoms with Crippen LogP contribution in [0, 0.1) is 11.6 Å². The molecule has 2 aromatic heterocycles. The van der Waals surface area contributed by atoms with Gasteiger partial charge in [0.2, 0.25) is 0 Å². The fourth-order valence-corrected chi connectivity index (χ4v) is 3.34. The van der Waals surface area contributed by atoms with Crippen LogP contribution in [-0.2, 0) is 6.54 Å². The van der Waals surface area contributed by atoms with Gasteiger partial charge < -0.3 is 10.3 Å². The van der Waals surface area contributed by atoms with Crippen LogP contribution in [0.15, 0.2) is 60.7 Å². The molecule has 0 fully saturated rings. The van der Waals surface area contributed by atoms with Gasteiger partial charge in [-0.2, -0.15) is 5.10 Å². The topological polar surface area (TPSA) is 86.5 Å². The lowest BCUT2D eigenvalue weighted by Crippen LogP contribution is -2.22. The van der Waals surface area contributed by atoms with Crippen LogP contribution in [0.4, 0.5) is 8.78 Å². The number of carbonyl (C=O) groups excluding carboxylic acids is 1. The molecule has 30 heavy (non-hydrogen) atoms. The van der Waals surface area contributed by atoms with Gasteiger partial charge in [0.15, 0.2) is 17.5 Å². The van der Waals surface area contributed by atoms with Crippen molar-refractivity contribution in [2.45, 2.75) is 6.54 Å². The molecule has 6 nitrogen and oxygen atoms in total. The highest BCUT2D eigenvalue weighted by Crippen LogP contribution is 2.26. The number of aromatic amines is 2. The number of H-pyrrole nitrogens is 2. The number of amides is 1. The molecule has 5 aromatic rings. The molecule has 3 aromatic carbocycles. The number of fused-ring (bicyclic) bond motifs is 2. The van der Waals surface area contributed by atoms with E-state index in [4.69, 9.17) is 0 Å². The Labute approximate surface area is 169 Å². The molecule has 0 bridgehead atoms. The Morgan fingerprint density at radius 3 is 2.70 bits per heavy atom. The summed E-state index contributed by atoms with van der Waals surface area (Å²) >= 11 is 0. The molecule has 0 radical (unpaired) electrons. The van der Waals surface area contributed by atoms with Crippen molar-refractivity contribution in [1.82, 2.24) is 25.5 Å². The van der Waals surface area contributed by atoms with Crippen LogP contribution < -0.4 is 5.32 Å². The van der Waals surface area contributed by atoms with Crippen molar-refractivity contribution in [3.05, 3.63) is 83.4 Å². The molecule has 1 amide bonds. The molecule has 3 N–H and O–H groups in total. The van der Waals surface area contributed by atoms with Gasteiger partial charge in [-0.05, 0) is 42.0 Å². The van der Waals surface area contributed by atoms with Crippen molar-refractivity contribution in [3.63, 3.8) is 0 Å². The number of nitrogens with one attached hydrogen (secondary N) is 3. The second kappa shape index (κ2) is 7.07. The minimum atomic E-state index is -0.946. The number of imidazole rings is 1. The lowest BCUT2D eigenvalue weighted by Gasteiger charge is -2.06. The summed E-state index contributed by atoms with van der Waals surface area (Å²) in [7, 11) is 0. The second-order valence-corrected chi connectivity index (χ2v) is 6.87. The average Bonchev–Trinajstić information content (AvgIpc) is 3.37. The first-order valence-electron chi connectivity index (χ1n) is 9.24. The smallest absolute Gasteiger partial charge is 0.251 e. The van der Waals surface area contributed by atoms with Crippen molar-refractivity contribution in [2.24, 2.45) is 0 Å². The maximum absolute atomic E-state index is 13.3. The van der Waals surface area contributed by atoms with Gasteiger partial charge in [0.1, 0.15) is 5.69 Å². The number of benzene rings is 3. The van der Waals surface area contributed by atoms with Crippen LogP contribution >= 0.6 is 0 Å². The maximum atomic E-state index is 13.3. The predicted molar refractivity (Wildman–Crippen MR) is 109 cm³/mol. The maximum Gasteiger partial charge on any atom is 0.251 e. The van der Waals surface area contributed by atoms with Crippen LogP contribution in [0.2, 0.25) is 0 Å². The molecule has 2 heterocycles. The van der Waals surface area contributed by atoms with E-state index in [1.807, 2.05) is 24.3 Å². The van der Waals surface area contributed by atoms with Crippen molar-refractivity contribution < 1.29 is 13.6 Å². The van der Waals surface area contributed by atoms with Gasteiger partial charge in [0.25, 0.3) is 5.91 Å². The quantitative estimate of drug-likeness (QED) is 0.418. The van der Waals surface area contributed by atoms with Gasteiger partial charge in [-0.25, -0.2) is 13.8 Å². The lowest BCUT2D eigenvalue weighted by atomic mass is 10.1. The molecular weight excluding hydrogens is 388 g/mol. The van der Waals surface area contributed by atoms with Crippen molar-refractivity contribution in [3.8, 4) is 11.5 Å². The predicted octanol–water partition coefficient (Wildman–Crippen LogP) is 4.31. The van der Waals surface area contributed by atoms with E-state index in [9.17, 15) is 13.6 Å². The molecule has 0 spiro atoms. The van der Waals surface area contributed by atoms with Gasteiger partial charge in [0.05, 0.1) is 16.6 Å². The molecule has 0 aliphatic heterocycles. The largest absolute Gasteiger partial charge is 0.348 e. The summed E-state index contributed by atoms with van der Waals surface area (Å²) in [5.41, 5.74) is 3.88. The Balaban J connectivity index is 1.39. The number of hydrogen-bond acceptors (Lipinski definition) is 3. The van der Waals surface area contributed by atoms with E-state index in [1.165, 1.54) is 6.07 Å². The summed E-state index contributed by atoms with van der Waals surface area (Å²) in [5.74, 6) is -1.61. The normalized spacial score (nSPS) is 11.3. The molecule has 0 saturated carbocycles. The summed E-state index contributed by atoms with van der Waals surface area (Å²) in [4.78, 5) is 20.3. The first-order valence-corrected chi connectivity index (χ1v) is 9.24. The molecule has 5 rings (SSSR count). The van der Waals surface area contributed by atoms with E-state index in [0.29, 0.717) is 28.2 Å².